The zero-order valence-electron chi connectivity index (χ0n) is 16.1. The number of carbonyl (C=O) groups is 2. The molecule has 0 atom stereocenters. The minimum absolute atomic E-state index is 0.473. The molecule has 3 rings (SSSR count). The van der Waals surface area contributed by atoms with Gasteiger partial charge in [0.25, 0.3) is 0 Å². The van der Waals surface area contributed by atoms with Crippen LogP contribution in [-0.4, -0.2) is 38.0 Å². The Bertz CT molecular complexity index is 661. The lowest BCUT2D eigenvalue weighted by Gasteiger charge is -2.17. The third kappa shape index (κ3) is 6.12. The van der Waals surface area contributed by atoms with Crippen molar-refractivity contribution < 1.29 is 9.59 Å². The number of amides is 2. The molecule has 0 aromatic heterocycles. The van der Waals surface area contributed by atoms with Crippen molar-refractivity contribution in [1.82, 2.24) is 10.6 Å². The van der Waals surface area contributed by atoms with Crippen LogP contribution in [0.4, 0.5) is 5.69 Å². The van der Waals surface area contributed by atoms with Gasteiger partial charge in [0.1, 0.15) is 0 Å². The van der Waals surface area contributed by atoms with E-state index >= 15 is 0 Å². The number of carbonyl (C=O) groups excluding carboxylic acids is 2. The van der Waals surface area contributed by atoms with Crippen LogP contribution in [0.15, 0.2) is 35.9 Å². The fourth-order valence-electron chi connectivity index (χ4n) is 3.80. The Hall–Kier alpha value is -2.30. The Morgan fingerprint density at radius 3 is 2.15 bits per heavy atom. The van der Waals surface area contributed by atoms with E-state index in [0.717, 1.165) is 38.8 Å². The second-order valence-corrected chi connectivity index (χ2v) is 7.48. The SMILES string of the molecule is O=C(NCCC1=CCCCC1)C(=O)NCCc1ccc(N2CCCC2)cc1. The van der Waals surface area contributed by atoms with E-state index < -0.39 is 11.8 Å². The summed E-state index contributed by atoms with van der Waals surface area (Å²) >= 11 is 0. The van der Waals surface area contributed by atoms with Crippen LogP contribution in [0.2, 0.25) is 0 Å². The number of rotatable bonds is 7. The lowest BCUT2D eigenvalue weighted by atomic mass is 9.97. The topological polar surface area (TPSA) is 61.4 Å². The second kappa shape index (κ2) is 10.1. The number of nitrogens with one attached hydrogen (secondary N) is 2. The Morgan fingerprint density at radius 1 is 0.852 bits per heavy atom. The van der Waals surface area contributed by atoms with E-state index in [1.165, 1.54) is 42.5 Å². The highest BCUT2D eigenvalue weighted by Crippen LogP contribution is 2.20. The van der Waals surface area contributed by atoms with E-state index in [1.807, 2.05) is 0 Å². The summed E-state index contributed by atoms with van der Waals surface area (Å²) in [5, 5.41) is 5.43. The van der Waals surface area contributed by atoms with Crippen LogP contribution in [-0.2, 0) is 16.0 Å². The average molecular weight is 370 g/mol. The van der Waals surface area contributed by atoms with Gasteiger partial charge in [0, 0.05) is 31.9 Å². The van der Waals surface area contributed by atoms with Crippen LogP contribution in [0.5, 0.6) is 0 Å². The van der Waals surface area contributed by atoms with Crippen molar-refractivity contribution in [2.45, 2.75) is 51.4 Å². The molecular formula is C22H31N3O2. The first-order valence-electron chi connectivity index (χ1n) is 10.3. The Kier molecular flexibility index (Phi) is 7.31. The minimum Gasteiger partial charge on any atom is -0.372 e. The molecule has 5 nitrogen and oxygen atoms in total. The molecule has 5 heteroatoms. The van der Waals surface area contributed by atoms with Crippen LogP contribution in [0.25, 0.3) is 0 Å². The van der Waals surface area contributed by atoms with Gasteiger partial charge in [0.15, 0.2) is 0 Å². The van der Waals surface area contributed by atoms with Gasteiger partial charge < -0.3 is 15.5 Å². The fraction of sp³-hybridized carbons (Fsp3) is 0.545. The van der Waals surface area contributed by atoms with Gasteiger partial charge in [-0.05, 0) is 69.1 Å². The van der Waals surface area contributed by atoms with Crippen molar-refractivity contribution in [3.63, 3.8) is 0 Å². The van der Waals surface area contributed by atoms with Crippen molar-refractivity contribution in [2.24, 2.45) is 0 Å². The van der Waals surface area contributed by atoms with Gasteiger partial charge in [-0.3, -0.25) is 9.59 Å². The molecule has 1 aromatic rings. The van der Waals surface area contributed by atoms with Gasteiger partial charge in [-0.1, -0.05) is 23.8 Å². The summed E-state index contributed by atoms with van der Waals surface area (Å²) in [5.74, 6) is -1.07. The first kappa shape index (κ1) is 19.5. The van der Waals surface area contributed by atoms with Gasteiger partial charge >= 0.3 is 11.8 Å². The fourth-order valence-corrected chi connectivity index (χ4v) is 3.80. The van der Waals surface area contributed by atoms with Crippen molar-refractivity contribution in [1.29, 1.82) is 0 Å². The second-order valence-electron chi connectivity index (χ2n) is 7.48. The molecule has 27 heavy (non-hydrogen) atoms. The van der Waals surface area contributed by atoms with Crippen molar-refractivity contribution in [3.8, 4) is 0 Å². The summed E-state index contributed by atoms with van der Waals surface area (Å²) in [4.78, 5) is 26.2. The third-order valence-corrected chi connectivity index (χ3v) is 5.43. The average Bonchev–Trinajstić information content (AvgIpc) is 3.24. The molecule has 2 aliphatic rings. The molecule has 0 spiro atoms. The predicted molar refractivity (Wildman–Crippen MR) is 109 cm³/mol. The van der Waals surface area contributed by atoms with E-state index in [4.69, 9.17) is 0 Å². The molecule has 2 amide bonds. The van der Waals surface area contributed by atoms with Crippen LogP contribution in [0, 0.1) is 0 Å². The molecule has 0 bridgehead atoms. The highest BCUT2D eigenvalue weighted by atomic mass is 16.2. The van der Waals surface area contributed by atoms with Gasteiger partial charge in [0.05, 0.1) is 0 Å². The number of allylic oxidation sites excluding steroid dienone is 1. The molecule has 1 aliphatic heterocycles. The Morgan fingerprint density at radius 2 is 1.52 bits per heavy atom. The molecule has 1 heterocycles. The van der Waals surface area contributed by atoms with Gasteiger partial charge in [-0.15, -0.1) is 0 Å². The third-order valence-electron chi connectivity index (χ3n) is 5.43. The van der Waals surface area contributed by atoms with Crippen LogP contribution >= 0.6 is 0 Å². The normalized spacial score (nSPS) is 16.7. The van der Waals surface area contributed by atoms with Crippen LogP contribution in [0.3, 0.4) is 0 Å². The number of benzene rings is 1. The lowest BCUT2D eigenvalue weighted by molar-refractivity contribution is -0.139. The van der Waals surface area contributed by atoms with E-state index in [-0.39, 0.29) is 0 Å². The monoisotopic (exact) mass is 369 g/mol. The molecule has 0 saturated carbocycles. The maximum absolute atomic E-state index is 11.9. The molecule has 1 aliphatic carbocycles. The van der Waals surface area contributed by atoms with E-state index in [1.54, 1.807) is 0 Å². The zero-order valence-corrected chi connectivity index (χ0v) is 16.1. The number of anilines is 1. The van der Waals surface area contributed by atoms with E-state index in [2.05, 4.69) is 45.9 Å². The molecule has 2 N–H and O–H groups in total. The van der Waals surface area contributed by atoms with Gasteiger partial charge in [-0.2, -0.15) is 0 Å². The molecule has 0 radical (unpaired) electrons. The lowest BCUT2D eigenvalue weighted by Crippen LogP contribution is -2.41. The van der Waals surface area contributed by atoms with Crippen molar-refractivity contribution in [2.75, 3.05) is 31.1 Å². The number of hydrogen-bond donors (Lipinski definition) is 2. The first-order chi connectivity index (χ1) is 13.2. The zero-order chi connectivity index (χ0) is 18.9. The highest BCUT2D eigenvalue weighted by molar-refractivity contribution is 6.35. The van der Waals surface area contributed by atoms with Crippen LogP contribution < -0.4 is 15.5 Å². The highest BCUT2D eigenvalue weighted by Gasteiger charge is 2.14. The van der Waals surface area contributed by atoms with Gasteiger partial charge in [-0.25, -0.2) is 0 Å². The summed E-state index contributed by atoms with van der Waals surface area (Å²) < 4.78 is 0. The molecular weight excluding hydrogens is 338 g/mol. The summed E-state index contributed by atoms with van der Waals surface area (Å²) in [6, 6.07) is 8.51. The predicted octanol–water partition coefficient (Wildman–Crippen LogP) is 2.95. The number of hydrogen-bond acceptors (Lipinski definition) is 3. The minimum atomic E-state index is -0.540. The maximum atomic E-state index is 11.9. The Balaban J connectivity index is 1.32. The van der Waals surface area contributed by atoms with Crippen molar-refractivity contribution >= 4 is 17.5 Å². The quantitative estimate of drug-likeness (QED) is 0.574. The summed E-state index contributed by atoms with van der Waals surface area (Å²) in [6.07, 6.45) is 11.2. The molecule has 1 fully saturated rings. The largest absolute Gasteiger partial charge is 0.372 e. The maximum Gasteiger partial charge on any atom is 0.309 e. The van der Waals surface area contributed by atoms with Crippen LogP contribution in [0.1, 0.15) is 50.5 Å². The number of nitrogens with zero attached hydrogens (tertiary/aromatic N) is 1. The standard InChI is InChI=1S/C22H31N3O2/c26-21(23-14-12-18-6-2-1-3-7-18)22(27)24-15-13-19-8-10-20(11-9-19)25-16-4-5-17-25/h6,8-11H,1-5,7,12-17H2,(H,23,26)(H,24,27). The Labute approximate surface area is 162 Å². The summed E-state index contributed by atoms with van der Waals surface area (Å²) in [7, 11) is 0. The van der Waals surface area contributed by atoms with E-state index in [9.17, 15) is 9.59 Å². The van der Waals surface area contributed by atoms with Gasteiger partial charge in [0.2, 0.25) is 0 Å². The molecule has 0 unspecified atom stereocenters. The molecule has 1 saturated heterocycles. The summed E-state index contributed by atoms with van der Waals surface area (Å²) in [5.41, 5.74) is 3.84. The molecule has 146 valence electrons. The summed E-state index contributed by atoms with van der Waals surface area (Å²) in [6.45, 7) is 3.29. The smallest absolute Gasteiger partial charge is 0.309 e. The van der Waals surface area contributed by atoms with Crippen molar-refractivity contribution in [3.05, 3.63) is 41.5 Å². The first-order valence-corrected chi connectivity index (χ1v) is 10.3. The molecule has 1 aromatic carbocycles. The van der Waals surface area contributed by atoms with E-state index in [0.29, 0.717) is 13.1 Å².